The van der Waals surface area contributed by atoms with Crippen LogP contribution in [0.1, 0.15) is 38.6 Å². The Balaban J connectivity index is 1.32. The highest BCUT2D eigenvalue weighted by Crippen LogP contribution is 2.21. The lowest BCUT2D eigenvalue weighted by atomic mass is 10.2. The average Bonchev–Trinajstić information content (AvgIpc) is 3.16. The number of carbonyl (C=O) groups excluding carboxylic acids is 3. The van der Waals surface area contributed by atoms with Crippen LogP contribution in [-0.2, 0) is 11.2 Å². The molecule has 1 aliphatic rings. The van der Waals surface area contributed by atoms with Gasteiger partial charge in [-0.15, -0.1) is 22.7 Å². The molecule has 0 spiro atoms. The second-order valence-electron chi connectivity index (χ2n) is 6.63. The van der Waals surface area contributed by atoms with Crippen molar-refractivity contribution in [3.05, 3.63) is 63.3 Å². The van der Waals surface area contributed by atoms with Crippen LogP contribution in [-0.4, -0.2) is 28.7 Å². The van der Waals surface area contributed by atoms with E-state index in [0.29, 0.717) is 27.0 Å². The summed E-state index contributed by atoms with van der Waals surface area (Å²) in [6, 6.07) is 10.7. The summed E-state index contributed by atoms with van der Waals surface area (Å²) in [7, 11) is 0. The highest BCUT2D eigenvalue weighted by molar-refractivity contribution is 7.14. The van der Waals surface area contributed by atoms with Crippen molar-refractivity contribution in [2.75, 3.05) is 10.6 Å². The predicted octanol–water partition coefficient (Wildman–Crippen LogP) is 3.53. The van der Waals surface area contributed by atoms with Gasteiger partial charge in [-0.1, -0.05) is 12.1 Å². The molecule has 0 unspecified atom stereocenters. The molecule has 0 bridgehead atoms. The van der Waals surface area contributed by atoms with Gasteiger partial charge < -0.3 is 10.6 Å². The quantitative estimate of drug-likeness (QED) is 0.538. The number of rotatable bonds is 7. The Bertz CT molecular complexity index is 1040. The molecule has 0 saturated heterocycles. The maximum absolute atomic E-state index is 12.3. The fourth-order valence-corrected chi connectivity index (χ4v) is 3.94. The molecule has 2 aromatic heterocycles. The van der Waals surface area contributed by atoms with Gasteiger partial charge in [0.1, 0.15) is 0 Å². The molecule has 3 aromatic rings. The van der Waals surface area contributed by atoms with Crippen LogP contribution in [0.15, 0.2) is 47.2 Å². The summed E-state index contributed by atoms with van der Waals surface area (Å²) in [6.07, 6.45) is 2.11. The summed E-state index contributed by atoms with van der Waals surface area (Å²) in [4.78, 5) is 41.4. The second-order valence-corrected chi connectivity index (χ2v) is 8.43. The number of carbonyl (C=O) groups is 3. The molecule has 0 atom stereocenters. The SMILES string of the molecule is O=C(Cc1csc(NC(=O)c2cccs2)n1)Nc1cccc(C(=O)NC2CC2)c1. The third-order valence-corrected chi connectivity index (χ3v) is 5.86. The molecule has 29 heavy (non-hydrogen) atoms. The highest BCUT2D eigenvalue weighted by Gasteiger charge is 2.23. The van der Waals surface area contributed by atoms with Gasteiger partial charge in [-0.2, -0.15) is 0 Å². The van der Waals surface area contributed by atoms with E-state index in [9.17, 15) is 14.4 Å². The Hall–Kier alpha value is -3.04. The van der Waals surface area contributed by atoms with Crippen LogP contribution >= 0.6 is 22.7 Å². The number of aromatic nitrogens is 1. The van der Waals surface area contributed by atoms with Crippen molar-refractivity contribution in [3.63, 3.8) is 0 Å². The molecule has 3 N–H and O–H groups in total. The third-order valence-electron chi connectivity index (χ3n) is 4.18. The number of hydrogen-bond acceptors (Lipinski definition) is 6. The van der Waals surface area contributed by atoms with E-state index in [1.165, 1.54) is 22.7 Å². The lowest BCUT2D eigenvalue weighted by Gasteiger charge is -2.07. The molecule has 1 fully saturated rings. The van der Waals surface area contributed by atoms with Crippen molar-refractivity contribution in [1.82, 2.24) is 10.3 Å². The van der Waals surface area contributed by atoms with Crippen molar-refractivity contribution in [1.29, 1.82) is 0 Å². The van der Waals surface area contributed by atoms with Gasteiger partial charge in [-0.25, -0.2) is 4.98 Å². The summed E-state index contributed by atoms with van der Waals surface area (Å²) in [5.41, 5.74) is 1.64. The summed E-state index contributed by atoms with van der Waals surface area (Å²) >= 11 is 2.62. The number of thiazole rings is 1. The van der Waals surface area contributed by atoms with Gasteiger partial charge >= 0.3 is 0 Å². The van der Waals surface area contributed by atoms with Crippen LogP contribution in [0.2, 0.25) is 0 Å². The number of nitrogens with zero attached hydrogens (tertiary/aromatic N) is 1. The van der Waals surface area contributed by atoms with Gasteiger partial charge in [0, 0.05) is 22.7 Å². The monoisotopic (exact) mass is 426 g/mol. The van der Waals surface area contributed by atoms with Crippen molar-refractivity contribution < 1.29 is 14.4 Å². The molecule has 148 valence electrons. The highest BCUT2D eigenvalue weighted by atomic mass is 32.1. The van der Waals surface area contributed by atoms with E-state index in [1.54, 1.807) is 35.7 Å². The van der Waals surface area contributed by atoms with Gasteiger partial charge in [0.05, 0.1) is 17.0 Å². The molecular formula is C20H18N4O3S2. The number of amides is 3. The molecule has 2 heterocycles. The Kier molecular flexibility index (Phi) is 5.68. The summed E-state index contributed by atoms with van der Waals surface area (Å²) in [5.74, 6) is -0.591. The topological polar surface area (TPSA) is 100 Å². The number of nitrogens with one attached hydrogen (secondary N) is 3. The molecular weight excluding hydrogens is 408 g/mol. The number of hydrogen-bond donors (Lipinski definition) is 3. The Morgan fingerprint density at radius 2 is 1.90 bits per heavy atom. The van der Waals surface area contributed by atoms with E-state index in [4.69, 9.17) is 0 Å². The maximum Gasteiger partial charge on any atom is 0.267 e. The first-order chi connectivity index (χ1) is 14.1. The molecule has 9 heteroatoms. The van der Waals surface area contributed by atoms with Crippen LogP contribution in [0, 0.1) is 0 Å². The minimum atomic E-state index is -0.244. The molecule has 0 aliphatic heterocycles. The fourth-order valence-electron chi connectivity index (χ4n) is 2.62. The number of anilines is 2. The first-order valence-electron chi connectivity index (χ1n) is 9.07. The van der Waals surface area contributed by atoms with Gasteiger partial charge in [-0.05, 0) is 42.5 Å². The third kappa shape index (κ3) is 5.27. The van der Waals surface area contributed by atoms with Gasteiger partial charge in [-0.3, -0.25) is 19.7 Å². The van der Waals surface area contributed by atoms with E-state index >= 15 is 0 Å². The van der Waals surface area contributed by atoms with E-state index < -0.39 is 0 Å². The van der Waals surface area contributed by atoms with E-state index in [2.05, 4.69) is 20.9 Å². The zero-order valence-electron chi connectivity index (χ0n) is 15.3. The summed E-state index contributed by atoms with van der Waals surface area (Å²) in [6.45, 7) is 0. The summed E-state index contributed by atoms with van der Waals surface area (Å²) < 4.78 is 0. The minimum Gasteiger partial charge on any atom is -0.349 e. The smallest absolute Gasteiger partial charge is 0.267 e. The van der Waals surface area contributed by atoms with Gasteiger partial charge in [0.2, 0.25) is 5.91 Å². The number of benzene rings is 1. The van der Waals surface area contributed by atoms with Crippen LogP contribution in [0.4, 0.5) is 10.8 Å². The zero-order chi connectivity index (χ0) is 20.2. The zero-order valence-corrected chi connectivity index (χ0v) is 16.9. The van der Waals surface area contributed by atoms with Crippen LogP contribution < -0.4 is 16.0 Å². The predicted molar refractivity (Wildman–Crippen MR) is 114 cm³/mol. The average molecular weight is 427 g/mol. The standard InChI is InChI=1S/C20H18N4O3S2/c25-17(21-14-4-1-3-12(9-14)18(26)22-13-6-7-13)10-15-11-29-20(23-15)24-19(27)16-5-2-8-28-16/h1-5,8-9,11,13H,6-7,10H2,(H,21,25)(H,22,26)(H,23,24,27). The van der Waals surface area contributed by atoms with Gasteiger partial charge in [0.25, 0.3) is 11.8 Å². The van der Waals surface area contributed by atoms with Crippen molar-refractivity contribution in [3.8, 4) is 0 Å². The van der Waals surface area contributed by atoms with E-state index in [-0.39, 0.29) is 30.2 Å². The molecule has 3 amide bonds. The Morgan fingerprint density at radius 1 is 1.03 bits per heavy atom. The van der Waals surface area contributed by atoms with Crippen LogP contribution in [0.3, 0.4) is 0 Å². The van der Waals surface area contributed by atoms with Crippen molar-refractivity contribution in [2.24, 2.45) is 0 Å². The lowest BCUT2D eigenvalue weighted by Crippen LogP contribution is -2.25. The summed E-state index contributed by atoms with van der Waals surface area (Å²) in [5, 5.41) is 12.5. The lowest BCUT2D eigenvalue weighted by molar-refractivity contribution is -0.115. The Labute approximate surface area is 175 Å². The largest absolute Gasteiger partial charge is 0.349 e. The van der Waals surface area contributed by atoms with E-state index in [1.807, 2.05) is 11.4 Å². The molecule has 4 rings (SSSR count). The van der Waals surface area contributed by atoms with Crippen molar-refractivity contribution in [2.45, 2.75) is 25.3 Å². The first kappa shape index (κ1) is 19.3. The molecule has 1 saturated carbocycles. The number of thiophene rings is 1. The minimum absolute atomic E-state index is 0.0733. The normalized spacial score (nSPS) is 13.0. The van der Waals surface area contributed by atoms with Crippen LogP contribution in [0.5, 0.6) is 0 Å². The molecule has 1 aliphatic carbocycles. The molecule has 0 radical (unpaired) electrons. The maximum atomic E-state index is 12.3. The molecule has 7 nitrogen and oxygen atoms in total. The van der Waals surface area contributed by atoms with Crippen molar-refractivity contribution >= 4 is 51.2 Å². The fraction of sp³-hybridized carbons (Fsp3) is 0.200. The molecule has 1 aromatic carbocycles. The Morgan fingerprint density at radius 3 is 2.66 bits per heavy atom. The second kappa shape index (κ2) is 8.54. The van der Waals surface area contributed by atoms with Gasteiger partial charge in [0.15, 0.2) is 5.13 Å². The van der Waals surface area contributed by atoms with Crippen LogP contribution in [0.25, 0.3) is 0 Å². The first-order valence-corrected chi connectivity index (χ1v) is 10.8. The van der Waals surface area contributed by atoms with E-state index in [0.717, 1.165) is 12.8 Å².